The summed E-state index contributed by atoms with van der Waals surface area (Å²) in [7, 11) is -3.93. The van der Waals surface area contributed by atoms with E-state index in [-0.39, 0.29) is 10.8 Å². The normalized spacial score (nSPS) is 12.2. The minimum absolute atomic E-state index is 0.0159. The van der Waals surface area contributed by atoms with Gasteiger partial charge in [0.1, 0.15) is 0 Å². The van der Waals surface area contributed by atoms with Gasteiger partial charge in [-0.15, -0.1) is 0 Å². The van der Waals surface area contributed by atoms with E-state index in [0.717, 1.165) is 17.1 Å². The van der Waals surface area contributed by atoms with Crippen LogP contribution in [0.2, 0.25) is 0 Å². The summed E-state index contributed by atoms with van der Waals surface area (Å²) in [5.41, 5.74) is 3.61. The Hall–Kier alpha value is -3.50. The van der Waals surface area contributed by atoms with Crippen LogP contribution in [0.15, 0.2) is 59.5 Å². The van der Waals surface area contributed by atoms with E-state index in [1.807, 2.05) is 26.0 Å². The molecule has 3 aromatic rings. The molecule has 0 aliphatic heterocycles. The summed E-state index contributed by atoms with van der Waals surface area (Å²) in [5.74, 6) is -0.764. The van der Waals surface area contributed by atoms with Gasteiger partial charge in [-0.1, -0.05) is 6.07 Å². The zero-order valence-corrected chi connectivity index (χ0v) is 19.0. The van der Waals surface area contributed by atoms with Gasteiger partial charge in [-0.05, 0) is 69.3 Å². The molecular weight excluding hydrogens is 430 g/mol. The number of aromatic nitrogens is 2. The second-order valence-corrected chi connectivity index (χ2v) is 9.14. The van der Waals surface area contributed by atoms with Crippen LogP contribution in [-0.4, -0.2) is 36.1 Å². The van der Waals surface area contributed by atoms with Crippen molar-refractivity contribution in [3.05, 3.63) is 66.0 Å². The number of benzene rings is 2. The first-order valence-electron chi connectivity index (χ1n) is 9.90. The summed E-state index contributed by atoms with van der Waals surface area (Å²) < 4.78 is 29.4. The Morgan fingerprint density at radius 1 is 0.969 bits per heavy atom. The summed E-state index contributed by atoms with van der Waals surface area (Å²) in [5, 5.41) is 9.72. The highest BCUT2D eigenvalue weighted by Gasteiger charge is 2.22. The van der Waals surface area contributed by atoms with Gasteiger partial charge in [-0.2, -0.15) is 9.82 Å². The molecule has 1 heterocycles. The summed E-state index contributed by atoms with van der Waals surface area (Å²) >= 11 is 0. The lowest BCUT2D eigenvalue weighted by atomic mass is 10.2. The first kappa shape index (κ1) is 23.2. The van der Waals surface area contributed by atoms with E-state index in [1.165, 1.54) is 38.1 Å². The van der Waals surface area contributed by atoms with E-state index in [1.54, 1.807) is 22.9 Å². The van der Waals surface area contributed by atoms with Crippen LogP contribution in [0.1, 0.15) is 25.2 Å². The van der Waals surface area contributed by atoms with Gasteiger partial charge in [0.15, 0.2) is 0 Å². The molecule has 0 saturated carbocycles. The third-order valence-corrected chi connectivity index (χ3v) is 6.13. The van der Waals surface area contributed by atoms with Crippen molar-refractivity contribution >= 4 is 33.2 Å². The molecule has 2 aromatic carbocycles. The molecule has 3 rings (SSSR count). The Morgan fingerprint density at radius 2 is 1.66 bits per heavy atom. The molecule has 0 unspecified atom stereocenters. The molecule has 0 fully saturated rings. The zero-order chi connectivity index (χ0) is 23.5. The second-order valence-electron chi connectivity index (χ2n) is 7.43. The monoisotopic (exact) mass is 455 g/mol. The molecule has 2 amide bonds. The average Bonchev–Trinajstić information content (AvgIpc) is 3.06. The topological polar surface area (TPSA) is 122 Å². The van der Waals surface area contributed by atoms with E-state index in [2.05, 4.69) is 20.5 Å². The molecule has 32 heavy (non-hydrogen) atoms. The van der Waals surface area contributed by atoms with E-state index in [0.29, 0.717) is 11.4 Å². The largest absolute Gasteiger partial charge is 0.326 e. The summed E-state index contributed by atoms with van der Waals surface area (Å²) in [6.07, 6.45) is 0. The number of aryl methyl sites for hydroxylation is 2. The Bertz CT molecular complexity index is 1250. The van der Waals surface area contributed by atoms with Crippen molar-refractivity contribution in [3.63, 3.8) is 0 Å². The number of carbonyl (C=O) groups excluding carboxylic acids is 2. The van der Waals surface area contributed by atoms with Gasteiger partial charge in [0.2, 0.25) is 21.8 Å². The van der Waals surface area contributed by atoms with Crippen LogP contribution >= 0.6 is 0 Å². The second kappa shape index (κ2) is 9.33. The number of carbonyl (C=O) groups is 2. The van der Waals surface area contributed by atoms with Crippen molar-refractivity contribution in [2.45, 2.75) is 38.6 Å². The van der Waals surface area contributed by atoms with Gasteiger partial charge in [0, 0.05) is 24.0 Å². The smallest absolute Gasteiger partial charge is 0.242 e. The van der Waals surface area contributed by atoms with E-state index < -0.39 is 22.0 Å². The Balaban J connectivity index is 1.69. The molecule has 1 aromatic heterocycles. The van der Waals surface area contributed by atoms with Crippen molar-refractivity contribution < 1.29 is 18.0 Å². The molecule has 1 atom stereocenters. The molecular formula is C22H25N5O4S. The Kier molecular flexibility index (Phi) is 6.75. The quantitative estimate of drug-likeness (QED) is 0.506. The number of amides is 2. The van der Waals surface area contributed by atoms with Crippen LogP contribution in [0.5, 0.6) is 0 Å². The molecule has 3 N–H and O–H groups in total. The van der Waals surface area contributed by atoms with Gasteiger partial charge >= 0.3 is 0 Å². The number of hydrogen-bond donors (Lipinski definition) is 3. The van der Waals surface area contributed by atoms with Crippen LogP contribution in [0, 0.1) is 13.8 Å². The standard InChI is InChI=1S/C22H25N5O4S/c1-14-12-15(2)27(25-14)20-7-5-6-19(13-20)24-22(29)16(3)26-32(30,31)21-10-8-18(9-11-21)23-17(4)28/h5-13,16,26H,1-4H3,(H,23,28)(H,24,29)/t16-/m0/s1. The highest BCUT2D eigenvalue weighted by molar-refractivity contribution is 7.89. The third-order valence-electron chi connectivity index (χ3n) is 4.58. The fourth-order valence-corrected chi connectivity index (χ4v) is 4.33. The van der Waals surface area contributed by atoms with Gasteiger partial charge in [0.25, 0.3) is 0 Å². The SMILES string of the molecule is CC(=O)Nc1ccc(S(=O)(=O)N[C@@H](C)C(=O)Nc2cccc(-n3nc(C)cc3C)c2)cc1. The fraction of sp³-hybridized carbons (Fsp3) is 0.227. The Labute approximate surface area is 186 Å². The van der Waals surface area contributed by atoms with Crippen LogP contribution in [0.3, 0.4) is 0 Å². The molecule has 0 bridgehead atoms. The minimum Gasteiger partial charge on any atom is -0.326 e. The number of sulfonamides is 1. The molecule has 0 radical (unpaired) electrons. The van der Waals surface area contributed by atoms with Gasteiger partial charge < -0.3 is 10.6 Å². The fourth-order valence-electron chi connectivity index (χ4n) is 3.13. The average molecular weight is 456 g/mol. The molecule has 0 spiro atoms. The van der Waals surface area contributed by atoms with Gasteiger partial charge in [0.05, 0.1) is 22.3 Å². The van der Waals surface area contributed by atoms with Gasteiger partial charge in [-0.3, -0.25) is 9.59 Å². The highest BCUT2D eigenvalue weighted by atomic mass is 32.2. The molecule has 0 aliphatic rings. The minimum atomic E-state index is -3.93. The van der Waals surface area contributed by atoms with Crippen molar-refractivity contribution in [1.82, 2.24) is 14.5 Å². The van der Waals surface area contributed by atoms with Crippen LogP contribution in [0.4, 0.5) is 11.4 Å². The molecule has 168 valence electrons. The van der Waals surface area contributed by atoms with E-state index in [4.69, 9.17) is 0 Å². The Morgan fingerprint density at radius 3 is 2.25 bits per heavy atom. The molecule has 10 heteroatoms. The van der Waals surface area contributed by atoms with Crippen molar-refractivity contribution in [3.8, 4) is 5.69 Å². The first-order valence-corrected chi connectivity index (χ1v) is 11.4. The van der Waals surface area contributed by atoms with Gasteiger partial charge in [-0.25, -0.2) is 13.1 Å². The zero-order valence-electron chi connectivity index (χ0n) is 18.2. The molecule has 0 saturated heterocycles. The van der Waals surface area contributed by atoms with Crippen LogP contribution < -0.4 is 15.4 Å². The lowest BCUT2D eigenvalue weighted by Gasteiger charge is -2.15. The predicted molar refractivity (Wildman–Crippen MR) is 122 cm³/mol. The number of nitrogens with one attached hydrogen (secondary N) is 3. The maximum absolute atomic E-state index is 12.6. The summed E-state index contributed by atoms with van der Waals surface area (Å²) in [6.45, 7) is 6.66. The first-order chi connectivity index (χ1) is 15.0. The van der Waals surface area contributed by atoms with E-state index >= 15 is 0 Å². The maximum Gasteiger partial charge on any atom is 0.242 e. The number of hydrogen-bond acceptors (Lipinski definition) is 5. The highest BCUT2D eigenvalue weighted by Crippen LogP contribution is 2.18. The lowest BCUT2D eigenvalue weighted by Crippen LogP contribution is -2.41. The van der Waals surface area contributed by atoms with Crippen molar-refractivity contribution in [1.29, 1.82) is 0 Å². The molecule has 0 aliphatic carbocycles. The van der Waals surface area contributed by atoms with Crippen molar-refractivity contribution in [2.75, 3.05) is 10.6 Å². The summed E-state index contributed by atoms with van der Waals surface area (Å²) in [4.78, 5) is 23.7. The summed E-state index contributed by atoms with van der Waals surface area (Å²) in [6, 6.07) is 13.7. The van der Waals surface area contributed by atoms with Crippen LogP contribution in [0.25, 0.3) is 5.69 Å². The lowest BCUT2D eigenvalue weighted by molar-refractivity contribution is -0.117. The van der Waals surface area contributed by atoms with E-state index in [9.17, 15) is 18.0 Å². The van der Waals surface area contributed by atoms with Crippen LogP contribution in [-0.2, 0) is 19.6 Å². The van der Waals surface area contributed by atoms with Crippen molar-refractivity contribution in [2.24, 2.45) is 0 Å². The number of rotatable bonds is 7. The number of nitrogens with zero attached hydrogens (tertiary/aromatic N) is 2. The molecule has 9 nitrogen and oxygen atoms in total. The maximum atomic E-state index is 12.6. The number of anilines is 2. The predicted octanol–water partition coefficient (Wildman–Crippen LogP) is 2.75. The third kappa shape index (κ3) is 5.59.